The zero-order valence-electron chi connectivity index (χ0n) is 15.3. The Labute approximate surface area is 157 Å². The van der Waals surface area contributed by atoms with Gasteiger partial charge in [0.2, 0.25) is 0 Å². The minimum Gasteiger partial charge on any atom is -0.388 e. The van der Waals surface area contributed by atoms with E-state index in [4.69, 9.17) is 9.26 Å². The van der Waals surface area contributed by atoms with E-state index in [-0.39, 0.29) is 12.5 Å². The highest BCUT2D eigenvalue weighted by Gasteiger charge is 2.49. The summed E-state index contributed by atoms with van der Waals surface area (Å²) >= 11 is 0. The molecule has 2 aromatic rings. The molecule has 3 heterocycles. The Morgan fingerprint density at radius 3 is 2.63 bits per heavy atom. The lowest BCUT2D eigenvalue weighted by Crippen LogP contribution is -2.59. The quantitative estimate of drug-likeness (QED) is 0.835. The van der Waals surface area contributed by atoms with E-state index < -0.39 is 17.3 Å². The van der Waals surface area contributed by atoms with Crippen molar-refractivity contribution in [3.63, 3.8) is 0 Å². The Hall–Kier alpha value is -2.22. The fourth-order valence-electron chi connectivity index (χ4n) is 4.05. The van der Waals surface area contributed by atoms with Crippen LogP contribution in [0.25, 0.3) is 11.3 Å². The molecule has 1 spiro atoms. The van der Waals surface area contributed by atoms with E-state index >= 15 is 0 Å². The van der Waals surface area contributed by atoms with Crippen LogP contribution in [0.15, 0.2) is 41.1 Å². The summed E-state index contributed by atoms with van der Waals surface area (Å²) in [6, 6.07) is 9.44. The smallest absolute Gasteiger partial charge is 0.259 e. The molecule has 2 N–H and O–H groups in total. The average Bonchev–Trinajstić information content (AvgIpc) is 3.15. The number of piperidine rings is 1. The van der Waals surface area contributed by atoms with Crippen LogP contribution in [-0.4, -0.2) is 63.2 Å². The number of aliphatic hydroxyl groups is 2. The third kappa shape index (κ3) is 3.38. The first kappa shape index (κ1) is 18.2. The van der Waals surface area contributed by atoms with Crippen molar-refractivity contribution in [2.24, 2.45) is 0 Å². The standard InChI is InChI=1S/C20H24N2O5/c1-19(25)13-20(26-12-16(19)23)7-9-22(10-8-20)18(24)15-11-21-27-17(15)14-5-3-2-4-6-14/h2-6,11,16,23,25H,7-10,12-13H2,1H3/t16?,19-/m0/s1. The van der Waals surface area contributed by atoms with Gasteiger partial charge in [0, 0.05) is 25.1 Å². The summed E-state index contributed by atoms with van der Waals surface area (Å²) in [5, 5.41) is 24.1. The lowest BCUT2D eigenvalue weighted by molar-refractivity contribution is -0.221. The predicted octanol–water partition coefficient (Wildman–Crippen LogP) is 1.85. The second-order valence-electron chi connectivity index (χ2n) is 7.77. The SMILES string of the molecule is C[C@]1(O)CC2(CCN(C(=O)c3cnoc3-c3ccccc3)CC2)OCC1O. The largest absolute Gasteiger partial charge is 0.388 e. The third-order valence-corrected chi connectivity index (χ3v) is 5.74. The fraction of sp³-hybridized carbons (Fsp3) is 0.500. The lowest BCUT2D eigenvalue weighted by Gasteiger charge is -2.49. The van der Waals surface area contributed by atoms with Gasteiger partial charge in [-0.15, -0.1) is 0 Å². The summed E-state index contributed by atoms with van der Waals surface area (Å²) in [5.74, 6) is 0.355. The molecular weight excluding hydrogens is 348 g/mol. The van der Waals surface area contributed by atoms with Gasteiger partial charge in [0.05, 0.1) is 24.0 Å². The topological polar surface area (TPSA) is 96.0 Å². The lowest BCUT2D eigenvalue weighted by atomic mass is 9.76. The van der Waals surface area contributed by atoms with Crippen LogP contribution in [-0.2, 0) is 4.74 Å². The fourth-order valence-corrected chi connectivity index (χ4v) is 4.05. The van der Waals surface area contributed by atoms with E-state index in [0.29, 0.717) is 43.7 Å². The van der Waals surface area contributed by atoms with Crippen LogP contribution < -0.4 is 0 Å². The van der Waals surface area contributed by atoms with Crippen LogP contribution in [0.2, 0.25) is 0 Å². The molecule has 1 aromatic carbocycles. The highest BCUT2D eigenvalue weighted by Crippen LogP contribution is 2.40. The summed E-state index contributed by atoms with van der Waals surface area (Å²) in [6.07, 6.45) is 2.19. The summed E-state index contributed by atoms with van der Waals surface area (Å²) in [6.45, 7) is 2.79. The molecule has 2 fully saturated rings. The number of aliphatic hydroxyl groups excluding tert-OH is 1. The molecule has 0 bridgehead atoms. The molecule has 2 aliphatic rings. The number of likely N-dealkylation sites (tertiary alicyclic amines) is 1. The van der Waals surface area contributed by atoms with Gasteiger partial charge in [-0.2, -0.15) is 0 Å². The Kier molecular flexibility index (Phi) is 4.53. The Balaban J connectivity index is 1.47. The first-order chi connectivity index (χ1) is 12.9. The van der Waals surface area contributed by atoms with Crippen LogP contribution >= 0.6 is 0 Å². The Bertz CT molecular complexity index is 809. The van der Waals surface area contributed by atoms with E-state index in [0.717, 1.165) is 5.56 Å². The van der Waals surface area contributed by atoms with E-state index in [1.807, 2.05) is 30.3 Å². The first-order valence-corrected chi connectivity index (χ1v) is 9.24. The summed E-state index contributed by atoms with van der Waals surface area (Å²) in [4.78, 5) is 14.8. The Morgan fingerprint density at radius 1 is 1.26 bits per heavy atom. The highest BCUT2D eigenvalue weighted by molar-refractivity contribution is 5.99. The third-order valence-electron chi connectivity index (χ3n) is 5.74. The zero-order chi connectivity index (χ0) is 19.1. The average molecular weight is 372 g/mol. The molecule has 0 aliphatic carbocycles. The van der Waals surface area contributed by atoms with Gasteiger partial charge in [-0.05, 0) is 19.8 Å². The molecule has 7 heteroatoms. The zero-order valence-corrected chi connectivity index (χ0v) is 15.3. The van der Waals surface area contributed by atoms with Crippen molar-refractivity contribution < 1.29 is 24.3 Å². The number of hydrogen-bond acceptors (Lipinski definition) is 6. The van der Waals surface area contributed by atoms with E-state index in [1.165, 1.54) is 6.20 Å². The molecule has 1 amide bonds. The van der Waals surface area contributed by atoms with Gasteiger partial charge < -0.3 is 24.4 Å². The minimum atomic E-state index is -1.17. The normalized spacial score (nSPS) is 27.7. The molecule has 144 valence electrons. The van der Waals surface area contributed by atoms with Crippen molar-refractivity contribution in [2.45, 2.75) is 43.5 Å². The maximum Gasteiger partial charge on any atom is 0.259 e. The molecule has 4 rings (SSSR count). The molecule has 1 aromatic heterocycles. The van der Waals surface area contributed by atoms with Crippen LogP contribution in [0.5, 0.6) is 0 Å². The van der Waals surface area contributed by atoms with Crippen molar-refractivity contribution in [3.8, 4) is 11.3 Å². The summed E-state index contributed by atoms with van der Waals surface area (Å²) < 4.78 is 11.2. The second-order valence-corrected chi connectivity index (χ2v) is 7.77. The number of ether oxygens (including phenoxy) is 1. The molecule has 1 unspecified atom stereocenters. The van der Waals surface area contributed by atoms with E-state index in [1.54, 1.807) is 11.8 Å². The maximum absolute atomic E-state index is 13.0. The van der Waals surface area contributed by atoms with E-state index in [2.05, 4.69) is 5.16 Å². The number of benzene rings is 1. The molecule has 2 aliphatic heterocycles. The number of hydrogen-bond donors (Lipinski definition) is 2. The molecule has 2 atom stereocenters. The second kappa shape index (κ2) is 6.74. The van der Waals surface area contributed by atoms with Gasteiger partial charge in [-0.3, -0.25) is 4.79 Å². The molecular formula is C20H24N2O5. The van der Waals surface area contributed by atoms with Gasteiger partial charge in [0.15, 0.2) is 5.76 Å². The van der Waals surface area contributed by atoms with Gasteiger partial charge >= 0.3 is 0 Å². The minimum absolute atomic E-state index is 0.116. The number of rotatable bonds is 2. The monoisotopic (exact) mass is 372 g/mol. The van der Waals surface area contributed by atoms with Crippen molar-refractivity contribution in [2.75, 3.05) is 19.7 Å². The summed E-state index contributed by atoms with van der Waals surface area (Å²) in [7, 11) is 0. The molecule has 7 nitrogen and oxygen atoms in total. The van der Waals surface area contributed by atoms with Gasteiger partial charge in [-0.25, -0.2) is 0 Å². The van der Waals surface area contributed by atoms with Gasteiger partial charge in [-0.1, -0.05) is 35.5 Å². The highest BCUT2D eigenvalue weighted by atomic mass is 16.5. The van der Waals surface area contributed by atoms with Gasteiger partial charge in [0.25, 0.3) is 5.91 Å². The number of amides is 1. The van der Waals surface area contributed by atoms with Crippen molar-refractivity contribution in [1.82, 2.24) is 10.1 Å². The predicted molar refractivity (Wildman–Crippen MR) is 97.0 cm³/mol. The summed E-state index contributed by atoms with van der Waals surface area (Å²) in [5.41, 5.74) is -0.396. The molecule has 27 heavy (non-hydrogen) atoms. The van der Waals surface area contributed by atoms with Crippen LogP contribution in [0.4, 0.5) is 0 Å². The first-order valence-electron chi connectivity index (χ1n) is 9.24. The number of carbonyl (C=O) groups excluding carboxylic acids is 1. The Morgan fingerprint density at radius 2 is 1.96 bits per heavy atom. The molecule has 0 saturated carbocycles. The van der Waals surface area contributed by atoms with Gasteiger partial charge in [0.1, 0.15) is 11.7 Å². The van der Waals surface area contributed by atoms with Crippen molar-refractivity contribution in [1.29, 1.82) is 0 Å². The number of carbonyl (C=O) groups is 1. The van der Waals surface area contributed by atoms with Crippen LogP contribution in [0.3, 0.4) is 0 Å². The number of aromatic nitrogens is 1. The maximum atomic E-state index is 13.0. The van der Waals surface area contributed by atoms with Crippen molar-refractivity contribution >= 4 is 5.91 Å². The molecule has 2 saturated heterocycles. The van der Waals surface area contributed by atoms with Crippen LogP contribution in [0, 0.1) is 0 Å². The van der Waals surface area contributed by atoms with E-state index in [9.17, 15) is 15.0 Å². The van der Waals surface area contributed by atoms with Crippen molar-refractivity contribution in [3.05, 3.63) is 42.1 Å². The van der Waals surface area contributed by atoms with Crippen LogP contribution in [0.1, 0.15) is 36.5 Å². The number of nitrogens with zero attached hydrogens (tertiary/aromatic N) is 2. The molecule has 0 radical (unpaired) electrons.